The summed E-state index contributed by atoms with van der Waals surface area (Å²) in [6.45, 7) is 8.07. The highest BCUT2D eigenvalue weighted by Gasteiger charge is 2.26. The second-order valence-electron chi connectivity index (χ2n) is 6.34. The number of rotatable bonds is 3. The van der Waals surface area contributed by atoms with Gasteiger partial charge in [-0.1, -0.05) is 19.9 Å². The molecule has 1 aromatic carbocycles. The Hall–Kier alpha value is -2.21. The number of hydrogen-bond donors (Lipinski definition) is 1. The van der Waals surface area contributed by atoms with Crippen LogP contribution < -0.4 is 10.2 Å². The van der Waals surface area contributed by atoms with Gasteiger partial charge < -0.3 is 10.2 Å². The number of carbonyl (C=O) groups is 2. The van der Waals surface area contributed by atoms with E-state index in [1.807, 2.05) is 37.8 Å². The molecule has 5 nitrogen and oxygen atoms in total. The molecule has 0 aliphatic carbocycles. The molecule has 2 aromatic rings. The van der Waals surface area contributed by atoms with Crippen molar-refractivity contribution in [3.63, 3.8) is 0 Å². The zero-order chi connectivity index (χ0) is 17.4. The van der Waals surface area contributed by atoms with Gasteiger partial charge in [-0.2, -0.15) is 0 Å². The summed E-state index contributed by atoms with van der Waals surface area (Å²) in [6.07, 6.45) is 0.864. The lowest BCUT2D eigenvalue weighted by atomic mass is 10.1. The molecule has 2 heterocycles. The van der Waals surface area contributed by atoms with Crippen LogP contribution in [0.15, 0.2) is 18.2 Å². The SMILES string of the molecule is CC(=O)Nc1nc(-c2ccc3c(c2)CCN3C(=O)C(C)C)c(C)s1. The van der Waals surface area contributed by atoms with Crippen molar-refractivity contribution in [2.75, 3.05) is 16.8 Å². The van der Waals surface area contributed by atoms with Crippen molar-refractivity contribution in [1.82, 2.24) is 4.98 Å². The van der Waals surface area contributed by atoms with Crippen molar-refractivity contribution in [3.8, 4) is 11.3 Å². The Kier molecular flexibility index (Phi) is 4.41. The van der Waals surface area contributed by atoms with Crippen molar-refractivity contribution < 1.29 is 9.59 Å². The third-order valence-corrected chi connectivity index (χ3v) is 4.97. The average Bonchev–Trinajstić information content (AvgIpc) is 3.08. The predicted molar refractivity (Wildman–Crippen MR) is 97.5 cm³/mol. The Morgan fingerprint density at radius 3 is 2.75 bits per heavy atom. The van der Waals surface area contributed by atoms with Crippen LogP contribution in [-0.2, 0) is 16.0 Å². The Bertz CT molecular complexity index is 811. The maximum Gasteiger partial charge on any atom is 0.229 e. The van der Waals surface area contributed by atoms with Crippen molar-refractivity contribution in [2.45, 2.75) is 34.1 Å². The third kappa shape index (κ3) is 3.06. The van der Waals surface area contributed by atoms with Crippen LogP contribution in [0.4, 0.5) is 10.8 Å². The van der Waals surface area contributed by atoms with Gasteiger partial charge in [-0.05, 0) is 31.0 Å². The van der Waals surface area contributed by atoms with Gasteiger partial charge in [0.15, 0.2) is 5.13 Å². The lowest BCUT2D eigenvalue weighted by Gasteiger charge is -2.19. The van der Waals surface area contributed by atoms with Gasteiger partial charge in [0.1, 0.15) is 0 Å². The first kappa shape index (κ1) is 16.6. The number of benzene rings is 1. The largest absolute Gasteiger partial charge is 0.312 e. The van der Waals surface area contributed by atoms with E-state index in [1.54, 1.807) is 0 Å². The van der Waals surface area contributed by atoms with Crippen molar-refractivity contribution >= 4 is 34.0 Å². The van der Waals surface area contributed by atoms with E-state index in [1.165, 1.54) is 23.8 Å². The Balaban J connectivity index is 1.92. The number of nitrogens with zero attached hydrogens (tertiary/aromatic N) is 2. The average molecular weight is 343 g/mol. The smallest absolute Gasteiger partial charge is 0.229 e. The fraction of sp³-hybridized carbons (Fsp3) is 0.389. The van der Waals surface area contributed by atoms with Crippen LogP contribution in [0.1, 0.15) is 31.2 Å². The molecule has 3 rings (SSSR count). The molecular formula is C18H21N3O2S. The van der Waals surface area contributed by atoms with Gasteiger partial charge in [0.05, 0.1) is 5.69 Å². The maximum absolute atomic E-state index is 12.3. The monoisotopic (exact) mass is 343 g/mol. The summed E-state index contributed by atoms with van der Waals surface area (Å²) >= 11 is 1.47. The zero-order valence-corrected chi connectivity index (χ0v) is 15.2. The molecular weight excluding hydrogens is 322 g/mol. The van der Waals surface area contributed by atoms with Crippen LogP contribution in [0.2, 0.25) is 0 Å². The van der Waals surface area contributed by atoms with E-state index in [2.05, 4.69) is 16.4 Å². The standard InChI is InChI=1S/C18H21N3O2S/c1-10(2)17(23)21-8-7-13-9-14(5-6-15(13)21)16-11(3)24-18(20-16)19-12(4)22/h5-6,9-10H,7-8H2,1-4H3,(H,19,20,22). The number of hydrogen-bond acceptors (Lipinski definition) is 4. The fourth-order valence-electron chi connectivity index (χ4n) is 2.96. The molecule has 0 fully saturated rings. The number of amides is 2. The molecule has 0 atom stereocenters. The number of anilines is 2. The summed E-state index contributed by atoms with van der Waals surface area (Å²) in [4.78, 5) is 31.0. The van der Waals surface area contributed by atoms with Crippen LogP contribution in [-0.4, -0.2) is 23.3 Å². The summed E-state index contributed by atoms with van der Waals surface area (Å²) in [5.41, 5.74) is 4.10. The van der Waals surface area contributed by atoms with Gasteiger partial charge in [0.25, 0.3) is 0 Å². The highest BCUT2D eigenvalue weighted by molar-refractivity contribution is 7.16. The molecule has 0 saturated heterocycles. The molecule has 6 heteroatoms. The summed E-state index contributed by atoms with van der Waals surface area (Å²) in [7, 11) is 0. The van der Waals surface area contributed by atoms with Crippen LogP contribution in [0.3, 0.4) is 0 Å². The molecule has 1 aliphatic heterocycles. The van der Waals surface area contributed by atoms with Crippen molar-refractivity contribution in [3.05, 3.63) is 28.6 Å². The number of fused-ring (bicyclic) bond motifs is 1. The summed E-state index contributed by atoms with van der Waals surface area (Å²) in [6, 6.07) is 6.13. The summed E-state index contributed by atoms with van der Waals surface area (Å²) < 4.78 is 0. The summed E-state index contributed by atoms with van der Waals surface area (Å²) in [5, 5.41) is 3.36. The highest BCUT2D eigenvalue weighted by Crippen LogP contribution is 2.36. The minimum absolute atomic E-state index is 0.00313. The molecule has 0 saturated carbocycles. The van der Waals surface area contributed by atoms with E-state index in [0.29, 0.717) is 5.13 Å². The van der Waals surface area contributed by atoms with Crippen LogP contribution >= 0.6 is 11.3 Å². The third-order valence-electron chi connectivity index (χ3n) is 4.09. The second kappa shape index (κ2) is 6.36. The predicted octanol–water partition coefficient (Wildman–Crippen LogP) is 3.62. The second-order valence-corrected chi connectivity index (χ2v) is 7.55. The molecule has 1 aliphatic rings. The highest BCUT2D eigenvalue weighted by atomic mass is 32.1. The number of nitrogens with one attached hydrogen (secondary N) is 1. The van der Waals surface area contributed by atoms with Crippen molar-refractivity contribution in [1.29, 1.82) is 0 Å². The van der Waals surface area contributed by atoms with Gasteiger partial charge in [0, 0.05) is 35.5 Å². The van der Waals surface area contributed by atoms with Crippen LogP contribution in [0.5, 0.6) is 0 Å². The summed E-state index contributed by atoms with van der Waals surface area (Å²) in [5.74, 6) is 0.0444. The van der Waals surface area contributed by atoms with Crippen LogP contribution in [0.25, 0.3) is 11.3 Å². The number of aryl methyl sites for hydroxylation is 1. The lowest BCUT2D eigenvalue weighted by Crippen LogP contribution is -2.32. The molecule has 0 radical (unpaired) electrons. The number of aromatic nitrogens is 1. The van der Waals surface area contributed by atoms with E-state index < -0.39 is 0 Å². The lowest BCUT2D eigenvalue weighted by molar-refractivity contribution is -0.121. The molecule has 24 heavy (non-hydrogen) atoms. The van der Waals surface area contributed by atoms with Gasteiger partial charge in [-0.3, -0.25) is 9.59 Å². The molecule has 0 unspecified atom stereocenters. The first-order valence-corrected chi connectivity index (χ1v) is 8.88. The molecule has 126 valence electrons. The molecule has 0 bridgehead atoms. The van der Waals surface area contributed by atoms with Gasteiger partial charge in [-0.25, -0.2) is 4.98 Å². The van der Waals surface area contributed by atoms with Gasteiger partial charge in [-0.15, -0.1) is 11.3 Å². The van der Waals surface area contributed by atoms with Gasteiger partial charge in [0.2, 0.25) is 11.8 Å². The number of carbonyl (C=O) groups excluding carboxylic acids is 2. The van der Waals surface area contributed by atoms with Crippen LogP contribution in [0, 0.1) is 12.8 Å². The van der Waals surface area contributed by atoms with Crippen molar-refractivity contribution in [2.24, 2.45) is 5.92 Å². The minimum atomic E-state index is -0.118. The zero-order valence-electron chi connectivity index (χ0n) is 14.3. The number of thiazole rings is 1. The molecule has 1 aromatic heterocycles. The van der Waals surface area contributed by atoms with E-state index in [9.17, 15) is 9.59 Å². The van der Waals surface area contributed by atoms with E-state index in [-0.39, 0.29) is 17.7 Å². The molecule has 1 N–H and O–H groups in total. The first-order chi connectivity index (χ1) is 11.4. The Labute approximate surface area is 145 Å². The van der Waals surface area contributed by atoms with E-state index >= 15 is 0 Å². The first-order valence-electron chi connectivity index (χ1n) is 8.06. The van der Waals surface area contributed by atoms with E-state index in [4.69, 9.17) is 0 Å². The Morgan fingerprint density at radius 2 is 2.08 bits per heavy atom. The molecule has 2 amide bonds. The minimum Gasteiger partial charge on any atom is -0.312 e. The van der Waals surface area contributed by atoms with Gasteiger partial charge >= 0.3 is 0 Å². The Morgan fingerprint density at radius 1 is 1.33 bits per heavy atom. The molecule has 0 spiro atoms. The topological polar surface area (TPSA) is 62.3 Å². The quantitative estimate of drug-likeness (QED) is 0.926. The fourth-order valence-corrected chi connectivity index (χ4v) is 3.84. The maximum atomic E-state index is 12.3. The normalized spacial score (nSPS) is 13.3. The van der Waals surface area contributed by atoms with E-state index in [0.717, 1.165) is 34.8 Å².